The van der Waals surface area contributed by atoms with E-state index in [-0.39, 0.29) is 0 Å². The van der Waals surface area contributed by atoms with E-state index in [4.69, 9.17) is 14.5 Å². The van der Waals surface area contributed by atoms with Gasteiger partial charge in [0, 0.05) is 35.0 Å². The molecule has 4 aromatic rings. The number of aryl methyl sites for hydroxylation is 1. The van der Waals surface area contributed by atoms with Crippen LogP contribution in [-0.4, -0.2) is 68.9 Å². The second-order valence-electron chi connectivity index (χ2n) is 10.8. The molecule has 0 radical (unpaired) electrons. The lowest BCUT2D eigenvalue weighted by molar-refractivity contribution is -0.0739. The van der Waals surface area contributed by atoms with E-state index in [0.717, 1.165) is 35.5 Å². The molecule has 190 valence electrons. The van der Waals surface area contributed by atoms with E-state index in [1.165, 1.54) is 42.5 Å². The lowest BCUT2D eigenvalue weighted by Crippen LogP contribution is -2.52. The van der Waals surface area contributed by atoms with Gasteiger partial charge in [-0.3, -0.25) is 9.88 Å². The molecule has 5 heterocycles. The van der Waals surface area contributed by atoms with Crippen LogP contribution in [0.15, 0.2) is 24.7 Å². The van der Waals surface area contributed by atoms with Crippen LogP contribution in [0.1, 0.15) is 68.2 Å². The zero-order valence-corrected chi connectivity index (χ0v) is 21.9. The Kier molecular flexibility index (Phi) is 5.96. The van der Waals surface area contributed by atoms with Crippen molar-refractivity contribution in [1.82, 2.24) is 29.5 Å². The molecule has 2 aliphatic rings. The minimum absolute atomic E-state index is 0.309. The minimum atomic E-state index is 0.309. The molecule has 36 heavy (non-hydrogen) atoms. The lowest BCUT2D eigenvalue weighted by Gasteiger charge is -2.42. The predicted octanol–water partition coefficient (Wildman–Crippen LogP) is 5.07. The van der Waals surface area contributed by atoms with Crippen LogP contribution in [0.25, 0.3) is 27.9 Å². The van der Waals surface area contributed by atoms with Gasteiger partial charge < -0.3 is 14.5 Å². The van der Waals surface area contributed by atoms with Crippen molar-refractivity contribution in [2.75, 3.05) is 27.4 Å². The molecular weight excluding hydrogens is 452 g/mol. The third-order valence-electron chi connectivity index (χ3n) is 8.32. The summed E-state index contributed by atoms with van der Waals surface area (Å²) >= 11 is 0. The van der Waals surface area contributed by atoms with Crippen molar-refractivity contribution in [1.29, 1.82) is 0 Å². The number of nitrogens with one attached hydrogen (secondary N) is 1. The number of methoxy groups -OCH3 is 1. The van der Waals surface area contributed by atoms with Crippen LogP contribution in [0.2, 0.25) is 0 Å². The molecule has 0 spiro atoms. The van der Waals surface area contributed by atoms with Gasteiger partial charge in [0.2, 0.25) is 0 Å². The molecule has 4 aromatic heterocycles. The Bertz CT molecular complexity index is 1390. The van der Waals surface area contributed by atoms with Gasteiger partial charge in [0.05, 0.1) is 43.1 Å². The monoisotopic (exact) mass is 488 g/mol. The number of H-pyrrole nitrogens is 1. The first-order valence-corrected chi connectivity index (χ1v) is 13.1. The molecular formula is C28H36N6O2. The number of rotatable bonds is 6. The largest absolute Gasteiger partial charge is 0.493 e. The molecule has 8 nitrogen and oxygen atoms in total. The maximum Gasteiger partial charge on any atom is 0.197 e. The quantitative estimate of drug-likeness (QED) is 0.408. The number of hydrogen-bond acceptors (Lipinski definition) is 6. The fraction of sp³-hybridized carbons (Fsp3) is 0.536. The average molecular weight is 489 g/mol. The van der Waals surface area contributed by atoms with Gasteiger partial charge in [-0.25, -0.2) is 9.50 Å². The highest BCUT2D eigenvalue weighted by Crippen LogP contribution is 2.40. The summed E-state index contributed by atoms with van der Waals surface area (Å²) in [6, 6.07) is 5.59. The molecule has 1 saturated heterocycles. The number of hydrogen-bond donors (Lipinski definition) is 1. The first-order chi connectivity index (χ1) is 17.4. The molecule has 2 fully saturated rings. The van der Waals surface area contributed by atoms with E-state index in [2.05, 4.69) is 53.9 Å². The highest BCUT2D eigenvalue weighted by atomic mass is 16.5. The van der Waals surface area contributed by atoms with E-state index in [1.54, 1.807) is 18.0 Å². The van der Waals surface area contributed by atoms with E-state index >= 15 is 0 Å². The standard InChI is InChI=1S/C28H36N6O2/c1-16(2)24-26(19-11-23(35-5)28-29-15-30-34(28)12-19)31-22-10-17(3)25(32-27(22)24)18-6-8-20(9-7-18)33(4)21-13-36-14-21/h10-12,15-16,18,20-21,31H,6-9,13-14H2,1-5H3. The highest BCUT2D eigenvalue weighted by molar-refractivity contribution is 5.89. The molecule has 0 atom stereocenters. The first kappa shape index (κ1) is 23.4. The summed E-state index contributed by atoms with van der Waals surface area (Å²) in [4.78, 5) is 15.9. The highest BCUT2D eigenvalue weighted by Gasteiger charge is 2.33. The first-order valence-electron chi connectivity index (χ1n) is 13.1. The summed E-state index contributed by atoms with van der Waals surface area (Å²) in [6.45, 7) is 8.47. The molecule has 0 bridgehead atoms. The van der Waals surface area contributed by atoms with Crippen molar-refractivity contribution < 1.29 is 9.47 Å². The summed E-state index contributed by atoms with van der Waals surface area (Å²) in [5, 5.41) is 4.36. The lowest BCUT2D eigenvalue weighted by atomic mass is 9.81. The van der Waals surface area contributed by atoms with Crippen molar-refractivity contribution >= 4 is 16.7 Å². The van der Waals surface area contributed by atoms with Crippen molar-refractivity contribution in [3.8, 4) is 17.0 Å². The summed E-state index contributed by atoms with van der Waals surface area (Å²) in [5.41, 5.74) is 8.78. The van der Waals surface area contributed by atoms with E-state index in [1.807, 2.05) is 12.3 Å². The van der Waals surface area contributed by atoms with Gasteiger partial charge in [-0.2, -0.15) is 5.10 Å². The van der Waals surface area contributed by atoms with Gasteiger partial charge in [-0.15, -0.1) is 0 Å². The number of nitrogens with zero attached hydrogens (tertiary/aromatic N) is 5. The maximum atomic E-state index is 5.63. The number of likely N-dealkylation sites (N-methyl/N-ethyl adjacent to an activating group) is 1. The molecule has 0 amide bonds. The number of pyridine rings is 2. The predicted molar refractivity (Wildman–Crippen MR) is 141 cm³/mol. The molecule has 0 aromatic carbocycles. The minimum Gasteiger partial charge on any atom is -0.493 e. The van der Waals surface area contributed by atoms with Gasteiger partial charge in [0.1, 0.15) is 6.33 Å². The fourth-order valence-corrected chi connectivity index (χ4v) is 6.15. The molecule has 8 heteroatoms. The zero-order valence-electron chi connectivity index (χ0n) is 21.9. The van der Waals surface area contributed by atoms with Crippen molar-refractivity contribution in [2.45, 2.75) is 70.4 Å². The van der Waals surface area contributed by atoms with Gasteiger partial charge in [-0.05, 0) is 63.3 Å². The zero-order chi connectivity index (χ0) is 25.0. The van der Waals surface area contributed by atoms with Gasteiger partial charge in [0.25, 0.3) is 0 Å². The van der Waals surface area contributed by atoms with Crippen molar-refractivity contribution in [2.24, 2.45) is 0 Å². The van der Waals surface area contributed by atoms with Crippen LogP contribution in [-0.2, 0) is 4.74 Å². The third kappa shape index (κ3) is 3.87. The Morgan fingerprint density at radius 2 is 1.92 bits per heavy atom. The number of aromatic amines is 1. The van der Waals surface area contributed by atoms with E-state index in [9.17, 15) is 0 Å². The number of ether oxygens (including phenoxy) is 2. The van der Waals surface area contributed by atoms with Crippen LogP contribution < -0.4 is 4.74 Å². The second kappa shape index (κ2) is 9.16. The van der Waals surface area contributed by atoms with Crippen molar-refractivity contribution in [3.63, 3.8) is 0 Å². The summed E-state index contributed by atoms with van der Waals surface area (Å²) in [5.74, 6) is 1.53. The van der Waals surface area contributed by atoms with Crippen LogP contribution in [0, 0.1) is 6.92 Å². The SMILES string of the molecule is COc1cc(-c2[nH]c3cc(C)c(C4CCC(N(C)C5COC5)CC4)nc3c2C(C)C)cn2ncnc12. The van der Waals surface area contributed by atoms with Crippen molar-refractivity contribution in [3.05, 3.63) is 41.5 Å². The van der Waals surface area contributed by atoms with Gasteiger partial charge >= 0.3 is 0 Å². The summed E-state index contributed by atoms with van der Waals surface area (Å²) in [7, 11) is 3.95. The Hall–Kier alpha value is -2.97. The topological polar surface area (TPSA) is 80.6 Å². The van der Waals surface area contributed by atoms with Gasteiger partial charge in [-0.1, -0.05) is 13.8 Å². The van der Waals surface area contributed by atoms with E-state index < -0.39 is 0 Å². The van der Waals surface area contributed by atoms with Gasteiger partial charge in [0.15, 0.2) is 11.4 Å². The molecule has 0 unspecified atom stereocenters. The molecule has 1 aliphatic carbocycles. The van der Waals surface area contributed by atoms with Crippen LogP contribution in [0.3, 0.4) is 0 Å². The molecule has 1 N–H and O–H groups in total. The smallest absolute Gasteiger partial charge is 0.197 e. The Morgan fingerprint density at radius 1 is 1.14 bits per heavy atom. The van der Waals surface area contributed by atoms with Crippen LogP contribution >= 0.6 is 0 Å². The van der Waals surface area contributed by atoms with E-state index in [0.29, 0.717) is 35.3 Å². The summed E-state index contributed by atoms with van der Waals surface area (Å²) < 4.78 is 12.8. The molecule has 1 saturated carbocycles. The average Bonchev–Trinajstić information content (AvgIpc) is 3.46. The van der Waals surface area contributed by atoms with Crippen LogP contribution in [0.5, 0.6) is 5.75 Å². The maximum absolute atomic E-state index is 5.63. The second-order valence-corrected chi connectivity index (χ2v) is 10.8. The van der Waals surface area contributed by atoms with Crippen LogP contribution in [0.4, 0.5) is 0 Å². The third-order valence-corrected chi connectivity index (χ3v) is 8.32. The Morgan fingerprint density at radius 3 is 2.58 bits per heavy atom. The fourth-order valence-electron chi connectivity index (χ4n) is 6.15. The number of aromatic nitrogens is 5. The number of fused-ring (bicyclic) bond motifs is 2. The normalized spacial score (nSPS) is 21.1. The molecule has 6 rings (SSSR count). The Balaban J connectivity index is 1.36. The molecule has 1 aliphatic heterocycles. The Labute approximate surface area is 212 Å². The summed E-state index contributed by atoms with van der Waals surface area (Å²) in [6.07, 6.45) is 8.40.